The fourth-order valence-corrected chi connectivity index (χ4v) is 4.46. The summed E-state index contributed by atoms with van der Waals surface area (Å²) < 4.78 is 15.4. The Balaban J connectivity index is 1.52. The number of hydrogen-bond acceptors (Lipinski definition) is 3. The molecule has 1 aliphatic carbocycles. The van der Waals surface area contributed by atoms with E-state index in [9.17, 15) is 9.18 Å². The molecule has 1 saturated heterocycles. The van der Waals surface area contributed by atoms with Crippen molar-refractivity contribution in [1.82, 2.24) is 20.0 Å². The maximum Gasteiger partial charge on any atom is 0.274 e. The Morgan fingerprint density at radius 3 is 2.90 bits per heavy atom. The molecular weight excluding hydrogens is 367 g/mol. The van der Waals surface area contributed by atoms with Gasteiger partial charge in [0.25, 0.3) is 5.91 Å². The number of amides is 1. The number of rotatable bonds is 6. The van der Waals surface area contributed by atoms with Crippen LogP contribution in [0.15, 0.2) is 36.9 Å². The molecule has 6 heteroatoms. The summed E-state index contributed by atoms with van der Waals surface area (Å²) in [6.07, 6.45) is 7.79. The van der Waals surface area contributed by atoms with E-state index in [0.717, 1.165) is 62.0 Å². The van der Waals surface area contributed by atoms with E-state index in [2.05, 4.69) is 11.9 Å². The molecule has 5 nitrogen and oxygen atoms in total. The third-order valence-corrected chi connectivity index (χ3v) is 5.98. The van der Waals surface area contributed by atoms with E-state index in [1.54, 1.807) is 12.1 Å². The lowest BCUT2D eigenvalue weighted by Crippen LogP contribution is -2.38. The number of halogens is 1. The Bertz CT molecular complexity index is 885. The zero-order valence-corrected chi connectivity index (χ0v) is 16.9. The van der Waals surface area contributed by atoms with Crippen LogP contribution >= 0.6 is 0 Å². The molecule has 1 N–H and O–H groups in total. The minimum atomic E-state index is -0.213. The Morgan fingerprint density at radius 1 is 1.31 bits per heavy atom. The number of aromatic nitrogens is 2. The van der Waals surface area contributed by atoms with Crippen molar-refractivity contribution in [2.45, 2.75) is 57.7 Å². The summed E-state index contributed by atoms with van der Waals surface area (Å²) in [6, 6.07) is 6.94. The highest BCUT2D eigenvalue weighted by Crippen LogP contribution is 2.27. The lowest BCUT2D eigenvalue weighted by molar-refractivity contribution is 0.0716. The highest BCUT2D eigenvalue weighted by Gasteiger charge is 2.31. The summed E-state index contributed by atoms with van der Waals surface area (Å²) >= 11 is 0. The second-order valence-electron chi connectivity index (χ2n) is 8.05. The lowest BCUT2D eigenvalue weighted by atomic mass is 9.90. The first kappa shape index (κ1) is 19.8. The fourth-order valence-electron chi connectivity index (χ4n) is 4.46. The van der Waals surface area contributed by atoms with Crippen molar-refractivity contribution in [3.63, 3.8) is 0 Å². The van der Waals surface area contributed by atoms with Crippen LogP contribution in [0, 0.1) is 5.82 Å². The van der Waals surface area contributed by atoms with Gasteiger partial charge in [-0.2, -0.15) is 5.10 Å². The predicted octanol–water partition coefficient (Wildman–Crippen LogP) is 3.48. The van der Waals surface area contributed by atoms with Crippen molar-refractivity contribution in [2.24, 2.45) is 0 Å². The number of benzene rings is 1. The first-order chi connectivity index (χ1) is 14.2. The molecule has 1 amide bonds. The maximum absolute atomic E-state index is 13.4. The number of nitrogens with one attached hydrogen (secondary N) is 1. The molecule has 1 aliphatic heterocycles. The molecule has 1 aromatic heterocycles. The Kier molecular flexibility index (Phi) is 6.09. The van der Waals surface area contributed by atoms with Gasteiger partial charge in [0.1, 0.15) is 5.82 Å². The van der Waals surface area contributed by atoms with Gasteiger partial charge in [0.15, 0.2) is 5.69 Å². The van der Waals surface area contributed by atoms with Gasteiger partial charge in [-0.3, -0.25) is 9.48 Å². The summed E-state index contributed by atoms with van der Waals surface area (Å²) in [4.78, 5) is 15.1. The molecule has 1 fully saturated rings. The fraction of sp³-hybridized carbons (Fsp3) is 0.478. The van der Waals surface area contributed by atoms with Crippen molar-refractivity contribution >= 4 is 5.91 Å². The topological polar surface area (TPSA) is 50.2 Å². The smallest absolute Gasteiger partial charge is 0.274 e. The van der Waals surface area contributed by atoms with Gasteiger partial charge >= 0.3 is 0 Å². The van der Waals surface area contributed by atoms with Gasteiger partial charge in [0.2, 0.25) is 0 Å². The van der Waals surface area contributed by atoms with Gasteiger partial charge in [-0.1, -0.05) is 18.2 Å². The van der Waals surface area contributed by atoms with E-state index >= 15 is 0 Å². The minimum Gasteiger partial charge on any atom is -0.337 e. The molecule has 0 bridgehead atoms. The number of hydrogen-bond donors (Lipinski definition) is 1. The summed E-state index contributed by atoms with van der Waals surface area (Å²) in [5.74, 6) is -0.148. The second-order valence-corrected chi connectivity index (χ2v) is 8.05. The molecule has 1 aromatic carbocycles. The minimum absolute atomic E-state index is 0.0644. The third-order valence-electron chi connectivity index (χ3n) is 5.98. The molecule has 0 radical (unpaired) electrons. The molecule has 0 unspecified atom stereocenters. The molecule has 0 spiro atoms. The van der Waals surface area contributed by atoms with Gasteiger partial charge in [0, 0.05) is 36.9 Å². The predicted molar refractivity (Wildman–Crippen MR) is 111 cm³/mol. The monoisotopic (exact) mass is 396 g/mol. The van der Waals surface area contributed by atoms with Crippen LogP contribution in [-0.2, 0) is 25.9 Å². The molecule has 2 heterocycles. The molecule has 154 valence electrons. The SMILES string of the molecule is C=CCn1nc(C(=O)N2CCCCC2)c2c1CC[C@H](NCc1cccc(F)c1)C2. The van der Waals surface area contributed by atoms with E-state index in [0.29, 0.717) is 18.8 Å². The average molecular weight is 397 g/mol. The van der Waals surface area contributed by atoms with E-state index in [1.807, 2.05) is 21.7 Å². The van der Waals surface area contributed by atoms with Crippen molar-refractivity contribution in [1.29, 1.82) is 0 Å². The van der Waals surface area contributed by atoms with Crippen molar-refractivity contribution in [2.75, 3.05) is 13.1 Å². The van der Waals surface area contributed by atoms with Crippen LogP contribution < -0.4 is 5.32 Å². The van der Waals surface area contributed by atoms with Crippen LogP contribution in [0.1, 0.15) is 53.0 Å². The van der Waals surface area contributed by atoms with Gasteiger partial charge in [-0.15, -0.1) is 6.58 Å². The standard InChI is InChI=1S/C23H29FN4O/c1-2-11-28-21-10-9-19(25-16-17-7-6-8-18(24)14-17)15-20(21)22(26-28)23(29)27-12-4-3-5-13-27/h2,6-8,14,19,25H,1,3-5,9-13,15-16H2/t19-/m0/s1. The number of nitrogens with zero attached hydrogens (tertiary/aromatic N) is 3. The normalized spacial score (nSPS) is 19.1. The third kappa shape index (κ3) is 4.42. The number of piperidine rings is 1. The largest absolute Gasteiger partial charge is 0.337 e. The summed E-state index contributed by atoms with van der Waals surface area (Å²) in [5.41, 5.74) is 3.78. The average Bonchev–Trinajstić information content (AvgIpc) is 3.10. The summed E-state index contributed by atoms with van der Waals surface area (Å²) in [5, 5.41) is 8.24. The van der Waals surface area contributed by atoms with E-state index < -0.39 is 0 Å². The van der Waals surface area contributed by atoms with Crippen molar-refractivity contribution < 1.29 is 9.18 Å². The van der Waals surface area contributed by atoms with Crippen molar-refractivity contribution in [3.8, 4) is 0 Å². The van der Waals surface area contributed by atoms with E-state index in [1.165, 1.54) is 12.5 Å². The van der Waals surface area contributed by atoms with E-state index in [-0.39, 0.29) is 17.8 Å². The van der Waals surface area contributed by atoms with Gasteiger partial charge in [-0.25, -0.2) is 4.39 Å². The quantitative estimate of drug-likeness (QED) is 0.761. The molecule has 4 rings (SSSR count). The van der Waals surface area contributed by atoms with Crippen LogP contribution in [0.4, 0.5) is 4.39 Å². The molecule has 29 heavy (non-hydrogen) atoms. The highest BCUT2D eigenvalue weighted by atomic mass is 19.1. The first-order valence-electron chi connectivity index (χ1n) is 10.6. The van der Waals surface area contributed by atoms with Gasteiger partial charge in [-0.05, 0) is 56.2 Å². The van der Waals surface area contributed by atoms with Crippen molar-refractivity contribution in [3.05, 3.63) is 65.3 Å². The number of allylic oxidation sites excluding steroid dienone is 1. The number of carbonyl (C=O) groups excluding carboxylic acids is 1. The van der Waals surface area contributed by atoms with E-state index in [4.69, 9.17) is 5.10 Å². The van der Waals surface area contributed by atoms with Gasteiger partial charge in [0.05, 0.1) is 6.54 Å². The molecule has 1 atom stereocenters. The Morgan fingerprint density at radius 2 is 2.14 bits per heavy atom. The Hall–Kier alpha value is -2.47. The maximum atomic E-state index is 13.4. The van der Waals surface area contributed by atoms with Crippen LogP contribution in [0.5, 0.6) is 0 Å². The zero-order valence-electron chi connectivity index (χ0n) is 16.9. The summed E-state index contributed by atoms with van der Waals surface area (Å²) in [6.45, 7) is 6.72. The first-order valence-corrected chi connectivity index (χ1v) is 10.6. The van der Waals surface area contributed by atoms with Crippen LogP contribution in [0.2, 0.25) is 0 Å². The lowest BCUT2D eigenvalue weighted by Gasteiger charge is -2.28. The Labute approximate surface area is 171 Å². The highest BCUT2D eigenvalue weighted by molar-refractivity contribution is 5.94. The molecule has 2 aromatic rings. The second kappa shape index (κ2) is 8.91. The van der Waals surface area contributed by atoms with Crippen LogP contribution in [0.25, 0.3) is 0 Å². The molecule has 0 saturated carbocycles. The van der Waals surface area contributed by atoms with Crippen LogP contribution in [0.3, 0.4) is 0 Å². The number of fused-ring (bicyclic) bond motifs is 1. The van der Waals surface area contributed by atoms with Crippen LogP contribution in [-0.4, -0.2) is 39.7 Å². The number of likely N-dealkylation sites (tertiary alicyclic amines) is 1. The zero-order chi connectivity index (χ0) is 20.2. The molecular formula is C23H29FN4O. The van der Waals surface area contributed by atoms with Gasteiger partial charge < -0.3 is 10.2 Å². The summed E-state index contributed by atoms with van der Waals surface area (Å²) in [7, 11) is 0. The molecule has 2 aliphatic rings. The number of carbonyl (C=O) groups is 1.